The number of anilines is 2. The van der Waals surface area contributed by atoms with Crippen molar-refractivity contribution < 1.29 is 9.53 Å². The van der Waals surface area contributed by atoms with Gasteiger partial charge in [0.15, 0.2) is 0 Å². The van der Waals surface area contributed by atoms with Crippen LogP contribution < -0.4 is 25.4 Å². The minimum absolute atomic E-state index is 0.220. The Morgan fingerprint density at radius 1 is 0.944 bits per heavy atom. The molecular weight excluding hydrogens is 474 g/mol. The van der Waals surface area contributed by atoms with Crippen molar-refractivity contribution in [1.29, 1.82) is 0 Å². The van der Waals surface area contributed by atoms with Crippen molar-refractivity contribution in [3.05, 3.63) is 89.4 Å². The molecule has 3 aromatic carbocycles. The molecule has 7 nitrogen and oxygen atoms in total. The molecule has 1 fully saturated rings. The third-order valence-electron chi connectivity index (χ3n) is 6.29. The van der Waals surface area contributed by atoms with Crippen molar-refractivity contribution in [2.24, 2.45) is 0 Å². The zero-order chi connectivity index (χ0) is 25.2. The van der Waals surface area contributed by atoms with E-state index in [4.69, 9.17) is 16.3 Å². The van der Waals surface area contributed by atoms with Crippen LogP contribution in [0, 0.1) is 0 Å². The van der Waals surface area contributed by atoms with Crippen LogP contribution in [0.1, 0.15) is 12.0 Å². The van der Waals surface area contributed by atoms with Gasteiger partial charge >= 0.3 is 6.03 Å². The number of nitrogens with one attached hydrogen (secondary N) is 2. The highest BCUT2D eigenvalue weighted by atomic mass is 35.5. The molecule has 8 heteroatoms. The minimum atomic E-state index is -0.220. The fraction of sp³-hybridized carbons (Fsp3) is 0.321. The van der Waals surface area contributed by atoms with Gasteiger partial charge in [-0.15, -0.1) is 0 Å². The predicted molar refractivity (Wildman–Crippen MR) is 147 cm³/mol. The highest BCUT2D eigenvalue weighted by Crippen LogP contribution is 2.28. The number of ether oxygens (including phenoxy) is 1. The normalized spacial score (nSPS) is 13.8. The summed E-state index contributed by atoms with van der Waals surface area (Å²) in [6.07, 6.45) is 0.891. The zero-order valence-corrected chi connectivity index (χ0v) is 21.5. The maximum atomic E-state index is 12.7. The van der Waals surface area contributed by atoms with Gasteiger partial charge in [0.25, 0.3) is 0 Å². The number of benzene rings is 3. The van der Waals surface area contributed by atoms with Crippen LogP contribution >= 0.6 is 11.6 Å². The first-order valence-electron chi connectivity index (χ1n) is 12.3. The minimum Gasteiger partial charge on any atom is -0.495 e. The third kappa shape index (κ3) is 7.29. The number of carbonyl (C=O) groups is 1. The van der Waals surface area contributed by atoms with Gasteiger partial charge in [0.1, 0.15) is 5.75 Å². The molecule has 2 amide bonds. The summed E-state index contributed by atoms with van der Waals surface area (Å²) in [6, 6.07) is 25.4. The monoisotopic (exact) mass is 507 g/mol. The number of para-hydroxylation sites is 2. The number of carbonyl (C=O) groups excluding carboxylic acids is 1. The molecule has 0 spiro atoms. The molecule has 1 saturated heterocycles. The molecule has 1 aliphatic heterocycles. The number of hydrazine groups is 1. The zero-order valence-electron chi connectivity index (χ0n) is 20.7. The largest absolute Gasteiger partial charge is 0.495 e. The number of amides is 2. The van der Waals surface area contributed by atoms with Crippen LogP contribution in [0.3, 0.4) is 0 Å². The Morgan fingerprint density at radius 3 is 2.36 bits per heavy atom. The molecule has 1 heterocycles. The summed E-state index contributed by atoms with van der Waals surface area (Å²) >= 11 is 6.05. The second-order valence-corrected chi connectivity index (χ2v) is 9.21. The van der Waals surface area contributed by atoms with Gasteiger partial charge in [-0.05, 0) is 54.9 Å². The fourth-order valence-electron chi connectivity index (χ4n) is 4.35. The molecule has 0 unspecified atom stereocenters. The lowest BCUT2D eigenvalue weighted by atomic mass is 10.2. The summed E-state index contributed by atoms with van der Waals surface area (Å²) in [7, 11) is 1.72. The number of hydrogen-bond donors (Lipinski definition) is 2. The molecule has 0 aliphatic carbocycles. The number of urea groups is 1. The van der Waals surface area contributed by atoms with E-state index in [-0.39, 0.29) is 6.03 Å². The van der Waals surface area contributed by atoms with Crippen molar-refractivity contribution in [3.63, 3.8) is 0 Å². The topological polar surface area (TPSA) is 60.1 Å². The fourth-order valence-corrected chi connectivity index (χ4v) is 4.48. The van der Waals surface area contributed by atoms with Gasteiger partial charge in [0, 0.05) is 37.7 Å². The summed E-state index contributed by atoms with van der Waals surface area (Å²) in [5.74, 6) is 0.918. The van der Waals surface area contributed by atoms with E-state index in [9.17, 15) is 4.79 Å². The number of rotatable bonds is 10. The van der Waals surface area contributed by atoms with Crippen molar-refractivity contribution in [1.82, 2.24) is 15.6 Å². The number of methoxy groups -OCH3 is 1. The van der Waals surface area contributed by atoms with E-state index >= 15 is 0 Å². The maximum Gasteiger partial charge on any atom is 0.333 e. The van der Waals surface area contributed by atoms with Gasteiger partial charge in [0.05, 0.1) is 25.0 Å². The van der Waals surface area contributed by atoms with Gasteiger partial charge in [-0.25, -0.2) is 10.2 Å². The molecule has 0 saturated carbocycles. The number of hydrogen-bond acceptors (Lipinski definition) is 5. The maximum absolute atomic E-state index is 12.7. The lowest BCUT2D eigenvalue weighted by molar-refractivity contribution is 0.235. The second kappa shape index (κ2) is 13.0. The molecule has 0 bridgehead atoms. The summed E-state index contributed by atoms with van der Waals surface area (Å²) in [5.41, 5.74) is 6.10. The van der Waals surface area contributed by atoms with Crippen molar-refractivity contribution >= 4 is 29.0 Å². The number of piperazine rings is 1. The number of halogens is 1. The van der Waals surface area contributed by atoms with Crippen molar-refractivity contribution in [2.45, 2.75) is 13.0 Å². The third-order valence-corrected chi connectivity index (χ3v) is 6.55. The van der Waals surface area contributed by atoms with E-state index in [1.165, 1.54) is 0 Å². The van der Waals surface area contributed by atoms with E-state index in [2.05, 4.69) is 32.7 Å². The van der Waals surface area contributed by atoms with Crippen molar-refractivity contribution in [3.8, 4) is 5.75 Å². The first-order chi connectivity index (χ1) is 17.6. The molecule has 3 aromatic rings. The first kappa shape index (κ1) is 25.7. The Kier molecular flexibility index (Phi) is 9.30. The van der Waals surface area contributed by atoms with Gasteiger partial charge in [0.2, 0.25) is 0 Å². The van der Waals surface area contributed by atoms with Gasteiger partial charge < -0.3 is 15.0 Å². The molecule has 4 rings (SSSR count). The van der Waals surface area contributed by atoms with Crippen LogP contribution in [-0.2, 0) is 6.54 Å². The highest BCUT2D eigenvalue weighted by molar-refractivity contribution is 6.30. The lowest BCUT2D eigenvalue weighted by Gasteiger charge is -2.36. The molecule has 1 aliphatic rings. The molecule has 190 valence electrons. The SMILES string of the molecule is COc1ccccc1N1CCN(CCCNC(=O)NN(Cc2ccccc2)c2ccc(Cl)cc2)CC1. The molecule has 2 N–H and O–H groups in total. The summed E-state index contributed by atoms with van der Waals surface area (Å²) in [4.78, 5) is 17.5. The van der Waals surface area contributed by atoms with E-state index in [1.54, 1.807) is 7.11 Å². The van der Waals surface area contributed by atoms with E-state index in [0.717, 1.165) is 61.8 Å². The molecule has 0 atom stereocenters. The molecule has 36 heavy (non-hydrogen) atoms. The number of nitrogens with zero attached hydrogens (tertiary/aromatic N) is 3. The Labute approximate surface area is 218 Å². The van der Waals surface area contributed by atoms with Crippen LogP contribution in [0.5, 0.6) is 5.75 Å². The average molecular weight is 508 g/mol. The predicted octanol–water partition coefficient (Wildman–Crippen LogP) is 4.78. The van der Waals surface area contributed by atoms with Crippen LogP contribution in [0.25, 0.3) is 0 Å². The highest BCUT2D eigenvalue weighted by Gasteiger charge is 2.19. The second-order valence-electron chi connectivity index (χ2n) is 8.77. The quantitative estimate of drug-likeness (QED) is 0.305. The molecule has 0 radical (unpaired) electrons. The summed E-state index contributed by atoms with van der Waals surface area (Å²) < 4.78 is 5.51. The van der Waals surface area contributed by atoms with Crippen LogP contribution in [0.15, 0.2) is 78.9 Å². The van der Waals surface area contributed by atoms with Crippen LogP contribution in [0.2, 0.25) is 5.02 Å². The van der Waals surface area contributed by atoms with E-state index in [0.29, 0.717) is 18.1 Å². The molecular formula is C28H34ClN5O2. The lowest BCUT2D eigenvalue weighted by Crippen LogP contribution is -2.48. The Bertz CT molecular complexity index is 1090. The summed E-state index contributed by atoms with van der Waals surface area (Å²) in [6.45, 7) is 6.01. The van der Waals surface area contributed by atoms with E-state index in [1.807, 2.05) is 71.7 Å². The van der Waals surface area contributed by atoms with Gasteiger partial charge in [-0.1, -0.05) is 54.1 Å². The standard InChI is InChI=1S/C28H34ClN5O2/c1-36-27-11-6-5-10-26(27)33-20-18-32(19-21-33)17-7-16-30-28(35)31-34(22-23-8-3-2-4-9-23)25-14-12-24(29)13-15-25/h2-6,8-15H,7,16-22H2,1H3,(H2,30,31,35). The first-order valence-corrected chi connectivity index (χ1v) is 12.7. The van der Waals surface area contributed by atoms with Crippen LogP contribution in [-0.4, -0.2) is 57.3 Å². The average Bonchev–Trinajstić information content (AvgIpc) is 2.92. The summed E-state index contributed by atoms with van der Waals surface area (Å²) in [5, 5.41) is 5.49. The Hall–Kier alpha value is -3.42. The van der Waals surface area contributed by atoms with Crippen molar-refractivity contribution in [2.75, 3.05) is 56.3 Å². The Morgan fingerprint density at radius 2 is 1.64 bits per heavy atom. The Balaban J connectivity index is 1.21. The van der Waals surface area contributed by atoms with Crippen LogP contribution in [0.4, 0.5) is 16.2 Å². The van der Waals surface area contributed by atoms with Gasteiger partial charge in [-0.3, -0.25) is 9.91 Å². The smallest absolute Gasteiger partial charge is 0.333 e. The molecule has 0 aromatic heterocycles. The van der Waals surface area contributed by atoms with Gasteiger partial charge in [-0.2, -0.15) is 0 Å². The van der Waals surface area contributed by atoms with E-state index < -0.39 is 0 Å².